The smallest absolute Gasteiger partial charge is 0.344 e. The highest BCUT2D eigenvalue weighted by Crippen LogP contribution is 2.35. The van der Waals surface area contributed by atoms with Crippen LogP contribution in [-0.2, 0) is 16.9 Å². The van der Waals surface area contributed by atoms with Gasteiger partial charge in [0.05, 0.1) is 11.2 Å². The van der Waals surface area contributed by atoms with E-state index in [1.54, 1.807) is 78.3 Å². The number of carbonyl (C=O) groups is 3. The van der Waals surface area contributed by atoms with Crippen LogP contribution in [0.25, 0.3) is 0 Å². The molecule has 1 fully saturated rings. The van der Waals surface area contributed by atoms with E-state index in [-0.39, 0.29) is 5.56 Å². The van der Waals surface area contributed by atoms with Crippen LogP contribution < -0.4 is 15.5 Å². The Kier molecular flexibility index (Phi) is 5.99. The minimum atomic E-state index is -1.46. The third kappa shape index (κ3) is 4.24. The Morgan fingerprint density at radius 1 is 0.943 bits per heavy atom. The predicted molar refractivity (Wildman–Crippen MR) is 129 cm³/mol. The van der Waals surface area contributed by atoms with Crippen molar-refractivity contribution in [3.63, 3.8) is 0 Å². The quantitative estimate of drug-likeness (QED) is 0.388. The Morgan fingerprint density at radius 2 is 1.57 bits per heavy atom. The molecule has 0 saturated carbocycles. The third-order valence-corrected chi connectivity index (χ3v) is 6.27. The Hall–Kier alpha value is -4.50. The van der Waals surface area contributed by atoms with Crippen LogP contribution >= 0.6 is 11.3 Å². The molecule has 0 bridgehead atoms. The molecule has 4 aromatic rings. The van der Waals surface area contributed by atoms with E-state index in [0.717, 1.165) is 10.7 Å². The van der Waals surface area contributed by atoms with Crippen LogP contribution in [0.5, 0.6) is 5.75 Å². The largest absolute Gasteiger partial charge is 0.487 e. The first kappa shape index (κ1) is 22.3. The zero-order valence-electron chi connectivity index (χ0n) is 18.4. The molecular formula is C26H20N4O4S. The molecule has 5 rings (SSSR count). The Bertz CT molecular complexity index is 1300. The van der Waals surface area contributed by atoms with Gasteiger partial charge in [-0.05, 0) is 35.4 Å². The molecule has 0 radical (unpaired) electrons. The first-order valence-electron chi connectivity index (χ1n) is 10.8. The van der Waals surface area contributed by atoms with Crippen molar-refractivity contribution in [3.8, 4) is 5.75 Å². The minimum absolute atomic E-state index is 0.267. The summed E-state index contributed by atoms with van der Waals surface area (Å²) in [5, 5.41) is 5.42. The van der Waals surface area contributed by atoms with Crippen molar-refractivity contribution >= 4 is 29.2 Å². The van der Waals surface area contributed by atoms with Gasteiger partial charge in [-0.15, -0.1) is 11.3 Å². The van der Waals surface area contributed by atoms with Gasteiger partial charge in [0.25, 0.3) is 11.8 Å². The number of amides is 4. The fourth-order valence-electron chi connectivity index (χ4n) is 3.90. The van der Waals surface area contributed by atoms with E-state index in [0.29, 0.717) is 23.5 Å². The number of rotatable bonds is 7. The Balaban J connectivity index is 1.35. The highest BCUT2D eigenvalue weighted by Gasteiger charge is 2.54. The molecule has 9 heteroatoms. The van der Waals surface area contributed by atoms with Crippen LogP contribution in [0, 0.1) is 0 Å². The maximum atomic E-state index is 13.7. The van der Waals surface area contributed by atoms with E-state index in [2.05, 4.69) is 15.7 Å². The number of ether oxygens (including phenoxy) is 1. The molecule has 2 heterocycles. The van der Waals surface area contributed by atoms with Crippen molar-refractivity contribution in [3.05, 3.63) is 118 Å². The first-order chi connectivity index (χ1) is 17.1. The summed E-state index contributed by atoms with van der Waals surface area (Å²) in [7, 11) is 0. The SMILES string of the molecule is O=C(NN1C(=O)NC(c2ccccc2)(c2ccccc2)C1=O)c1ccc(OCc2cscn2)cc1. The van der Waals surface area contributed by atoms with Crippen molar-refractivity contribution < 1.29 is 19.1 Å². The van der Waals surface area contributed by atoms with Gasteiger partial charge in [0.1, 0.15) is 12.4 Å². The van der Waals surface area contributed by atoms with Gasteiger partial charge < -0.3 is 10.1 Å². The van der Waals surface area contributed by atoms with Crippen LogP contribution in [0.15, 0.2) is 95.8 Å². The number of nitrogens with zero attached hydrogens (tertiary/aromatic N) is 2. The second-order valence-electron chi connectivity index (χ2n) is 7.79. The number of benzene rings is 3. The topological polar surface area (TPSA) is 101 Å². The third-order valence-electron chi connectivity index (χ3n) is 5.64. The van der Waals surface area contributed by atoms with Crippen LogP contribution in [0.1, 0.15) is 27.2 Å². The van der Waals surface area contributed by atoms with Gasteiger partial charge in [-0.3, -0.25) is 15.0 Å². The molecule has 35 heavy (non-hydrogen) atoms. The molecule has 0 unspecified atom stereocenters. The van der Waals surface area contributed by atoms with Crippen molar-refractivity contribution in [1.29, 1.82) is 0 Å². The molecule has 1 aliphatic heterocycles. The molecule has 1 aliphatic rings. The zero-order chi connectivity index (χ0) is 24.3. The lowest BCUT2D eigenvalue weighted by Crippen LogP contribution is -2.49. The van der Waals surface area contributed by atoms with E-state index in [9.17, 15) is 14.4 Å². The fourth-order valence-corrected chi connectivity index (χ4v) is 4.44. The minimum Gasteiger partial charge on any atom is -0.487 e. The summed E-state index contributed by atoms with van der Waals surface area (Å²) in [5.74, 6) is -0.635. The van der Waals surface area contributed by atoms with E-state index >= 15 is 0 Å². The van der Waals surface area contributed by atoms with Gasteiger partial charge in [-0.1, -0.05) is 60.7 Å². The summed E-state index contributed by atoms with van der Waals surface area (Å²) >= 11 is 1.48. The number of urea groups is 1. The molecule has 1 saturated heterocycles. The average molecular weight is 485 g/mol. The van der Waals surface area contributed by atoms with Crippen LogP contribution in [-0.4, -0.2) is 27.8 Å². The molecular weight excluding hydrogens is 464 g/mol. The van der Waals surface area contributed by atoms with Crippen molar-refractivity contribution in [2.24, 2.45) is 0 Å². The number of nitrogens with one attached hydrogen (secondary N) is 2. The van der Waals surface area contributed by atoms with Gasteiger partial charge in [0.2, 0.25) is 0 Å². The highest BCUT2D eigenvalue weighted by molar-refractivity contribution is 7.07. The van der Waals surface area contributed by atoms with Gasteiger partial charge in [0, 0.05) is 10.9 Å². The zero-order valence-corrected chi connectivity index (χ0v) is 19.2. The molecule has 3 aromatic carbocycles. The lowest BCUT2D eigenvalue weighted by molar-refractivity contribution is -0.131. The second-order valence-corrected chi connectivity index (χ2v) is 8.51. The average Bonchev–Trinajstić information content (AvgIpc) is 3.51. The maximum absolute atomic E-state index is 13.7. The van der Waals surface area contributed by atoms with Gasteiger partial charge in [-0.2, -0.15) is 5.01 Å². The standard InChI is InChI=1S/C26H20N4O4S/c31-23(18-11-13-22(14-12-18)34-15-21-16-35-17-27-21)29-30-24(32)26(28-25(30)33,19-7-3-1-4-8-19)20-9-5-2-6-10-20/h1-14,16-17H,15H2,(H,28,33)(H,29,31). The van der Waals surface area contributed by atoms with Gasteiger partial charge in [-0.25, -0.2) is 9.78 Å². The molecule has 8 nitrogen and oxygen atoms in total. The first-order valence-corrected chi connectivity index (χ1v) is 11.7. The van der Waals surface area contributed by atoms with E-state index < -0.39 is 23.4 Å². The Morgan fingerprint density at radius 3 is 2.14 bits per heavy atom. The summed E-state index contributed by atoms with van der Waals surface area (Å²) in [6, 6.07) is 23.6. The van der Waals surface area contributed by atoms with Crippen LogP contribution in [0.3, 0.4) is 0 Å². The molecule has 0 spiro atoms. The number of thiazole rings is 1. The number of imide groups is 1. The number of aromatic nitrogens is 1. The van der Waals surface area contributed by atoms with Gasteiger partial charge >= 0.3 is 6.03 Å². The molecule has 0 atom stereocenters. The van der Waals surface area contributed by atoms with Crippen molar-refractivity contribution in [2.75, 3.05) is 0 Å². The fraction of sp³-hybridized carbons (Fsp3) is 0.0769. The normalized spacial score (nSPS) is 14.5. The van der Waals surface area contributed by atoms with Crippen LogP contribution in [0.2, 0.25) is 0 Å². The number of hydrogen-bond acceptors (Lipinski definition) is 6. The van der Waals surface area contributed by atoms with Gasteiger partial charge in [0.15, 0.2) is 5.54 Å². The second kappa shape index (κ2) is 9.40. The van der Waals surface area contributed by atoms with Crippen LogP contribution in [0.4, 0.5) is 4.79 Å². The summed E-state index contributed by atoms with van der Waals surface area (Å²) in [5.41, 5.74) is 4.97. The Labute approximate surface area is 205 Å². The van der Waals surface area contributed by atoms with Crippen molar-refractivity contribution in [2.45, 2.75) is 12.1 Å². The maximum Gasteiger partial charge on any atom is 0.344 e. The van der Waals surface area contributed by atoms with E-state index in [4.69, 9.17) is 4.74 Å². The molecule has 0 aliphatic carbocycles. The number of carbonyl (C=O) groups excluding carboxylic acids is 3. The number of hydrazine groups is 1. The summed E-state index contributed by atoms with van der Waals surface area (Å²) in [6.07, 6.45) is 0. The van der Waals surface area contributed by atoms with Crippen molar-refractivity contribution in [1.82, 2.24) is 20.7 Å². The summed E-state index contributed by atoms with van der Waals surface area (Å²) in [6.45, 7) is 0.318. The molecule has 2 N–H and O–H groups in total. The predicted octanol–water partition coefficient (Wildman–Crippen LogP) is 3.86. The van der Waals surface area contributed by atoms with E-state index in [1.807, 2.05) is 17.5 Å². The summed E-state index contributed by atoms with van der Waals surface area (Å²) < 4.78 is 5.66. The number of hydrogen-bond donors (Lipinski definition) is 2. The molecule has 4 amide bonds. The lowest BCUT2D eigenvalue weighted by atomic mass is 9.83. The summed E-state index contributed by atoms with van der Waals surface area (Å²) in [4.78, 5) is 43.6. The van der Waals surface area contributed by atoms with E-state index in [1.165, 1.54) is 11.3 Å². The monoisotopic (exact) mass is 484 g/mol. The molecule has 1 aromatic heterocycles. The molecule has 174 valence electrons. The highest BCUT2D eigenvalue weighted by atomic mass is 32.1. The lowest BCUT2D eigenvalue weighted by Gasteiger charge is -2.27.